The van der Waals surface area contributed by atoms with E-state index in [1.807, 2.05) is 0 Å². The van der Waals surface area contributed by atoms with E-state index in [1.54, 1.807) is 18.2 Å². The van der Waals surface area contributed by atoms with Gasteiger partial charge in [0.15, 0.2) is 17.3 Å². The standard InChI is InChI=1S/C16H20N2O4.ClH/c19-13(2-4-16(20)18-10-11-8-17-9-11)12-1-3-14-15(7-12)22-6-5-21-14;/h1,3,7,11,17H,2,4-6,8-10H2,(H,18,20);1H. The Morgan fingerprint density at radius 3 is 2.57 bits per heavy atom. The fourth-order valence-electron chi connectivity index (χ4n) is 2.43. The lowest BCUT2D eigenvalue weighted by molar-refractivity contribution is -0.121. The molecule has 6 nitrogen and oxygen atoms in total. The number of Topliss-reactive ketones (excluding diaryl/α,β-unsaturated/α-hetero) is 1. The van der Waals surface area contributed by atoms with Crippen molar-refractivity contribution in [2.45, 2.75) is 12.8 Å². The average molecular weight is 341 g/mol. The summed E-state index contributed by atoms with van der Waals surface area (Å²) in [6.07, 6.45) is 0.418. The molecule has 0 atom stereocenters. The van der Waals surface area contributed by atoms with Crippen molar-refractivity contribution in [2.24, 2.45) is 5.92 Å². The molecule has 0 saturated carbocycles. The molecule has 2 aliphatic heterocycles. The highest BCUT2D eigenvalue weighted by atomic mass is 35.5. The van der Waals surface area contributed by atoms with Crippen LogP contribution in [0.4, 0.5) is 0 Å². The van der Waals surface area contributed by atoms with E-state index in [-0.39, 0.29) is 36.9 Å². The summed E-state index contributed by atoms with van der Waals surface area (Å²) >= 11 is 0. The maximum atomic E-state index is 12.2. The minimum atomic E-state index is -0.0715. The van der Waals surface area contributed by atoms with Crippen molar-refractivity contribution in [3.05, 3.63) is 23.8 Å². The Labute approximate surface area is 141 Å². The van der Waals surface area contributed by atoms with Crippen LogP contribution in [-0.4, -0.2) is 44.5 Å². The summed E-state index contributed by atoms with van der Waals surface area (Å²) in [4.78, 5) is 23.9. The zero-order chi connectivity index (χ0) is 15.4. The Morgan fingerprint density at radius 1 is 1.13 bits per heavy atom. The minimum Gasteiger partial charge on any atom is -0.486 e. The molecule has 2 aliphatic rings. The van der Waals surface area contributed by atoms with Crippen molar-refractivity contribution in [1.29, 1.82) is 0 Å². The monoisotopic (exact) mass is 340 g/mol. The Hall–Kier alpha value is -1.79. The van der Waals surface area contributed by atoms with Crippen LogP contribution in [0.2, 0.25) is 0 Å². The second-order valence-electron chi connectivity index (χ2n) is 5.61. The predicted octanol–water partition coefficient (Wildman–Crippen LogP) is 1.18. The second-order valence-corrected chi connectivity index (χ2v) is 5.61. The van der Waals surface area contributed by atoms with Gasteiger partial charge in [0.2, 0.25) is 5.91 Å². The lowest BCUT2D eigenvalue weighted by Gasteiger charge is -2.27. The number of fused-ring (bicyclic) bond motifs is 1. The van der Waals surface area contributed by atoms with Crippen LogP contribution in [0.15, 0.2) is 18.2 Å². The van der Waals surface area contributed by atoms with Crippen molar-refractivity contribution in [2.75, 3.05) is 32.8 Å². The smallest absolute Gasteiger partial charge is 0.220 e. The molecule has 0 aromatic heterocycles. The summed E-state index contributed by atoms with van der Waals surface area (Å²) in [6, 6.07) is 5.15. The van der Waals surface area contributed by atoms with Gasteiger partial charge >= 0.3 is 0 Å². The highest BCUT2D eigenvalue weighted by Crippen LogP contribution is 2.31. The summed E-state index contributed by atoms with van der Waals surface area (Å²) in [5, 5.41) is 6.02. The number of nitrogens with one attached hydrogen (secondary N) is 2. The Morgan fingerprint density at radius 2 is 1.87 bits per heavy atom. The van der Waals surface area contributed by atoms with Gasteiger partial charge in [0.05, 0.1) is 0 Å². The summed E-state index contributed by atoms with van der Waals surface area (Å²) in [6.45, 7) is 3.61. The molecule has 2 N–H and O–H groups in total. The maximum absolute atomic E-state index is 12.2. The van der Waals surface area contributed by atoms with Crippen LogP contribution in [0.3, 0.4) is 0 Å². The van der Waals surface area contributed by atoms with Crippen LogP contribution < -0.4 is 20.1 Å². The van der Waals surface area contributed by atoms with E-state index in [2.05, 4.69) is 10.6 Å². The molecule has 0 aliphatic carbocycles. The fourth-order valence-corrected chi connectivity index (χ4v) is 2.43. The largest absolute Gasteiger partial charge is 0.486 e. The van der Waals surface area contributed by atoms with Gasteiger partial charge in [-0.1, -0.05) is 0 Å². The molecule has 126 valence electrons. The molecular weight excluding hydrogens is 320 g/mol. The summed E-state index contributed by atoms with van der Waals surface area (Å²) in [5.74, 6) is 1.65. The first-order valence-electron chi connectivity index (χ1n) is 7.62. The maximum Gasteiger partial charge on any atom is 0.220 e. The third kappa shape index (κ3) is 4.59. The first-order chi connectivity index (χ1) is 10.7. The average Bonchev–Trinajstić information content (AvgIpc) is 2.50. The highest BCUT2D eigenvalue weighted by Gasteiger charge is 2.18. The minimum absolute atomic E-state index is 0. The highest BCUT2D eigenvalue weighted by molar-refractivity contribution is 5.98. The van der Waals surface area contributed by atoms with Crippen molar-refractivity contribution in [3.8, 4) is 11.5 Å². The number of hydrogen-bond donors (Lipinski definition) is 2. The molecule has 1 fully saturated rings. The molecule has 3 rings (SSSR count). The van der Waals surface area contributed by atoms with E-state index in [9.17, 15) is 9.59 Å². The number of ether oxygens (including phenoxy) is 2. The van der Waals surface area contributed by atoms with Crippen LogP contribution >= 0.6 is 12.4 Å². The van der Waals surface area contributed by atoms with E-state index < -0.39 is 0 Å². The summed E-state index contributed by atoms with van der Waals surface area (Å²) < 4.78 is 10.9. The molecule has 23 heavy (non-hydrogen) atoms. The van der Waals surface area contributed by atoms with Gasteiger partial charge in [-0.15, -0.1) is 12.4 Å². The van der Waals surface area contributed by atoms with Crippen molar-refractivity contribution < 1.29 is 19.1 Å². The van der Waals surface area contributed by atoms with Crippen molar-refractivity contribution >= 4 is 24.1 Å². The number of carbonyl (C=O) groups excluding carboxylic acids is 2. The molecule has 0 bridgehead atoms. The third-order valence-corrected chi connectivity index (χ3v) is 3.90. The van der Waals surface area contributed by atoms with Gasteiger partial charge in [-0.05, 0) is 18.2 Å². The molecule has 0 unspecified atom stereocenters. The SMILES string of the molecule is Cl.O=C(CCC(=O)c1ccc2c(c1)OCCO2)NCC1CNC1. The Bertz CT molecular complexity index is 575. The molecule has 2 heterocycles. The summed E-state index contributed by atoms with van der Waals surface area (Å²) in [7, 11) is 0. The predicted molar refractivity (Wildman–Crippen MR) is 87.6 cm³/mol. The third-order valence-electron chi connectivity index (χ3n) is 3.90. The second kappa shape index (κ2) is 8.17. The Balaban J connectivity index is 0.00000192. The normalized spacial score (nSPS) is 16.0. The fraction of sp³-hybridized carbons (Fsp3) is 0.500. The number of ketones is 1. The summed E-state index contributed by atoms with van der Waals surface area (Å²) in [5.41, 5.74) is 0.556. The lowest BCUT2D eigenvalue weighted by Crippen LogP contribution is -2.48. The van der Waals surface area contributed by atoms with E-state index in [0.717, 1.165) is 13.1 Å². The van der Waals surface area contributed by atoms with Gasteiger partial charge in [0.25, 0.3) is 0 Å². The number of halogens is 1. The number of benzene rings is 1. The zero-order valence-corrected chi connectivity index (χ0v) is 13.6. The molecule has 7 heteroatoms. The number of carbonyl (C=O) groups is 2. The van der Waals surface area contributed by atoms with Crippen LogP contribution in [-0.2, 0) is 4.79 Å². The van der Waals surface area contributed by atoms with Crippen LogP contribution in [0.1, 0.15) is 23.2 Å². The number of amides is 1. The van der Waals surface area contributed by atoms with Crippen LogP contribution in [0.25, 0.3) is 0 Å². The van der Waals surface area contributed by atoms with Crippen molar-refractivity contribution in [1.82, 2.24) is 10.6 Å². The van der Waals surface area contributed by atoms with Gasteiger partial charge in [-0.3, -0.25) is 9.59 Å². The van der Waals surface area contributed by atoms with Gasteiger partial charge in [-0.2, -0.15) is 0 Å². The first-order valence-corrected chi connectivity index (χ1v) is 7.62. The molecule has 1 aromatic rings. The van der Waals surface area contributed by atoms with Gasteiger partial charge < -0.3 is 20.1 Å². The van der Waals surface area contributed by atoms with Crippen LogP contribution in [0.5, 0.6) is 11.5 Å². The molecule has 0 spiro atoms. The first kappa shape index (κ1) is 17.6. The molecule has 1 saturated heterocycles. The van der Waals surface area contributed by atoms with E-state index in [4.69, 9.17) is 9.47 Å². The van der Waals surface area contributed by atoms with Gasteiger partial charge in [0.1, 0.15) is 13.2 Å². The zero-order valence-electron chi connectivity index (χ0n) is 12.8. The van der Waals surface area contributed by atoms with E-state index in [1.165, 1.54) is 0 Å². The number of rotatable bonds is 6. The lowest BCUT2D eigenvalue weighted by atomic mass is 10.0. The van der Waals surface area contributed by atoms with Gasteiger partial charge in [-0.25, -0.2) is 0 Å². The quantitative estimate of drug-likeness (QED) is 0.760. The molecular formula is C16H21ClN2O4. The molecule has 1 amide bonds. The Kier molecular flexibility index (Phi) is 6.24. The van der Waals surface area contributed by atoms with Crippen LogP contribution in [0, 0.1) is 5.92 Å². The van der Waals surface area contributed by atoms with Crippen molar-refractivity contribution in [3.63, 3.8) is 0 Å². The van der Waals surface area contributed by atoms with E-state index in [0.29, 0.717) is 42.7 Å². The molecule has 0 radical (unpaired) electrons. The number of hydrogen-bond acceptors (Lipinski definition) is 5. The topological polar surface area (TPSA) is 76.7 Å². The van der Waals surface area contributed by atoms with Gasteiger partial charge in [0, 0.05) is 44.0 Å². The molecule has 1 aromatic carbocycles. The van der Waals surface area contributed by atoms with E-state index >= 15 is 0 Å².